The summed E-state index contributed by atoms with van der Waals surface area (Å²) in [5, 5.41) is 2.84. The summed E-state index contributed by atoms with van der Waals surface area (Å²) in [6, 6.07) is 19.2. The molecule has 1 aromatic heterocycles. The first-order valence-electron chi connectivity index (χ1n) is 7.04. The molecule has 0 bridgehead atoms. The van der Waals surface area contributed by atoms with Crippen molar-refractivity contribution >= 4 is 41.0 Å². The minimum absolute atomic E-state index is 0.239. The number of nitrogens with zero attached hydrogens (tertiary/aromatic N) is 1. The van der Waals surface area contributed by atoms with Gasteiger partial charge in [-0.25, -0.2) is 0 Å². The molecule has 3 N–H and O–H groups in total. The third kappa shape index (κ3) is 3.49. The van der Waals surface area contributed by atoms with Crippen LogP contribution in [-0.2, 0) is 6.54 Å². The zero-order chi connectivity index (χ0) is 16.2. The zero-order valence-corrected chi connectivity index (χ0v) is 13.9. The number of thiazole rings is 1. The molecule has 6 heteroatoms. The number of benzene rings is 2. The van der Waals surface area contributed by atoms with E-state index in [4.69, 9.17) is 18.0 Å². The fourth-order valence-corrected chi connectivity index (χ4v) is 3.42. The lowest BCUT2D eigenvalue weighted by Gasteiger charge is -2.07. The van der Waals surface area contributed by atoms with E-state index in [-0.39, 0.29) is 5.91 Å². The number of carbonyl (C=O) groups is 1. The van der Waals surface area contributed by atoms with E-state index in [2.05, 4.69) is 5.32 Å². The van der Waals surface area contributed by atoms with Gasteiger partial charge in [-0.1, -0.05) is 59.9 Å². The van der Waals surface area contributed by atoms with Crippen LogP contribution in [0.4, 0.5) is 11.5 Å². The smallest absolute Gasteiger partial charge is 0.269 e. The van der Waals surface area contributed by atoms with Crippen LogP contribution in [0.1, 0.15) is 15.2 Å². The van der Waals surface area contributed by atoms with Crippen LogP contribution in [0.3, 0.4) is 0 Å². The molecule has 0 aliphatic rings. The monoisotopic (exact) mass is 341 g/mol. The van der Waals surface area contributed by atoms with Crippen LogP contribution in [0.5, 0.6) is 0 Å². The van der Waals surface area contributed by atoms with Crippen molar-refractivity contribution in [3.8, 4) is 0 Å². The van der Waals surface area contributed by atoms with Crippen LogP contribution in [0.2, 0.25) is 0 Å². The third-order valence-electron chi connectivity index (χ3n) is 3.35. The second-order valence-electron chi connectivity index (χ2n) is 4.97. The van der Waals surface area contributed by atoms with Gasteiger partial charge in [0.15, 0.2) is 3.95 Å². The predicted octanol–water partition coefficient (Wildman–Crippen LogP) is 4.16. The highest BCUT2D eigenvalue weighted by molar-refractivity contribution is 7.73. The number of hydrogen-bond acceptors (Lipinski definition) is 4. The van der Waals surface area contributed by atoms with E-state index in [0.717, 1.165) is 11.3 Å². The topological polar surface area (TPSA) is 60.1 Å². The van der Waals surface area contributed by atoms with Crippen LogP contribution < -0.4 is 11.1 Å². The van der Waals surface area contributed by atoms with Crippen molar-refractivity contribution in [1.29, 1.82) is 0 Å². The fraction of sp³-hybridized carbons (Fsp3) is 0.0588. The van der Waals surface area contributed by atoms with Crippen molar-refractivity contribution in [3.05, 3.63) is 75.1 Å². The summed E-state index contributed by atoms with van der Waals surface area (Å²) in [5.41, 5.74) is 7.97. The number of nitrogens with one attached hydrogen (secondary N) is 1. The molecule has 0 fully saturated rings. The summed E-state index contributed by atoms with van der Waals surface area (Å²) in [7, 11) is 0. The predicted molar refractivity (Wildman–Crippen MR) is 97.5 cm³/mol. The Kier molecular flexibility index (Phi) is 4.55. The summed E-state index contributed by atoms with van der Waals surface area (Å²) >= 11 is 6.59. The minimum atomic E-state index is -0.239. The lowest BCUT2D eigenvalue weighted by atomic mass is 10.2. The molecule has 1 amide bonds. The molecule has 0 saturated carbocycles. The summed E-state index contributed by atoms with van der Waals surface area (Å²) in [5.74, 6) is 0.161. The second kappa shape index (κ2) is 6.76. The third-order valence-corrected chi connectivity index (χ3v) is 4.82. The van der Waals surface area contributed by atoms with E-state index in [1.165, 1.54) is 11.3 Å². The Balaban J connectivity index is 1.86. The van der Waals surface area contributed by atoms with Gasteiger partial charge in [-0.05, 0) is 29.9 Å². The highest BCUT2D eigenvalue weighted by atomic mass is 32.1. The van der Waals surface area contributed by atoms with Crippen LogP contribution >= 0.6 is 23.6 Å². The van der Waals surface area contributed by atoms with Gasteiger partial charge in [0.05, 0.1) is 6.54 Å². The van der Waals surface area contributed by atoms with Gasteiger partial charge < -0.3 is 15.6 Å². The highest BCUT2D eigenvalue weighted by Crippen LogP contribution is 2.24. The quantitative estimate of drug-likeness (QED) is 0.701. The summed E-state index contributed by atoms with van der Waals surface area (Å²) in [6.07, 6.45) is 0. The number of carbonyl (C=O) groups excluding carboxylic acids is 1. The fourth-order valence-electron chi connectivity index (χ4n) is 2.20. The SMILES string of the molecule is Nc1c(C(=O)Nc2ccccc2)sc(=S)n1Cc1ccccc1. The van der Waals surface area contributed by atoms with Gasteiger partial charge in [0.25, 0.3) is 5.91 Å². The minimum Gasteiger partial charge on any atom is -0.384 e. The molecule has 0 saturated heterocycles. The molecule has 1 heterocycles. The molecule has 0 unspecified atom stereocenters. The molecule has 3 rings (SSSR count). The van der Waals surface area contributed by atoms with E-state index < -0.39 is 0 Å². The number of hydrogen-bond donors (Lipinski definition) is 2. The molecule has 23 heavy (non-hydrogen) atoms. The van der Waals surface area contributed by atoms with Crippen LogP contribution in [0.25, 0.3) is 0 Å². The average molecular weight is 341 g/mol. The molecule has 0 radical (unpaired) electrons. The van der Waals surface area contributed by atoms with E-state index in [1.807, 2.05) is 60.7 Å². The Hall–Kier alpha value is -2.44. The first-order chi connectivity index (χ1) is 11.1. The number of amides is 1. The van der Waals surface area contributed by atoms with Crippen molar-refractivity contribution in [2.24, 2.45) is 0 Å². The maximum Gasteiger partial charge on any atom is 0.269 e. The number of para-hydroxylation sites is 1. The Bertz CT molecular complexity index is 870. The van der Waals surface area contributed by atoms with Crippen molar-refractivity contribution in [1.82, 2.24) is 4.57 Å². The molecule has 2 aromatic carbocycles. The lowest BCUT2D eigenvalue weighted by molar-refractivity contribution is 0.103. The summed E-state index contributed by atoms with van der Waals surface area (Å²) < 4.78 is 2.37. The molecule has 116 valence electrons. The van der Waals surface area contributed by atoms with E-state index in [1.54, 1.807) is 4.57 Å². The molecule has 0 atom stereocenters. The van der Waals surface area contributed by atoms with Crippen molar-refractivity contribution < 1.29 is 4.79 Å². The van der Waals surface area contributed by atoms with Gasteiger partial charge in [0, 0.05) is 5.69 Å². The highest BCUT2D eigenvalue weighted by Gasteiger charge is 2.17. The Morgan fingerprint density at radius 3 is 2.35 bits per heavy atom. The molecular weight excluding hydrogens is 326 g/mol. The molecule has 4 nitrogen and oxygen atoms in total. The number of nitrogen functional groups attached to an aromatic ring is 1. The van der Waals surface area contributed by atoms with Crippen LogP contribution in [-0.4, -0.2) is 10.5 Å². The van der Waals surface area contributed by atoms with E-state index in [9.17, 15) is 4.79 Å². The molecule has 0 aliphatic heterocycles. The molecular formula is C17H15N3OS2. The average Bonchev–Trinajstić information content (AvgIpc) is 2.85. The first kappa shape index (κ1) is 15.5. The Labute approximate surface area is 143 Å². The molecule has 0 aliphatic carbocycles. The Morgan fingerprint density at radius 2 is 1.70 bits per heavy atom. The van der Waals surface area contributed by atoms with Gasteiger partial charge in [-0.2, -0.15) is 0 Å². The standard InChI is InChI=1S/C17H15N3OS2/c18-15-14(16(21)19-13-9-5-2-6-10-13)23-17(22)20(15)11-12-7-3-1-4-8-12/h1-10H,11,18H2,(H,19,21). The largest absolute Gasteiger partial charge is 0.384 e. The summed E-state index contributed by atoms with van der Waals surface area (Å²) in [4.78, 5) is 12.9. The van der Waals surface area contributed by atoms with E-state index in [0.29, 0.717) is 21.2 Å². The molecule has 0 spiro atoms. The van der Waals surface area contributed by atoms with Crippen molar-refractivity contribution in [2.75, 3.05) is 11.1 Å². The van der Waals surface area contributed by atoms with Crippen molar-refractivity contribution in [3.63, 3.8) is 0 Å². The van der Waals surface area contributed by atoms with E-state index >= 15 is 0 Å². The van der Waals surface area contributed by atoms with Gasteiger partial charge in [-0.15, -0.1) is 0 Å². The molecule has 3 aromatic rings. The maximum atomic E-state index is 12.4. The van der Waals surface area contributed by atoms with Gasteiger partial charge in [0.2, 0.25) is 0 Å². The maximum absolute atomic E-state index is 12.4. The number of aromatic nitrogens is 1. The lowest BCUT2D eigenvalue weighted by Crippen LogP contribution is -2.14. The van der Waals surface area contributed by atoms with Gasteiger partial charge >= 0.3 is 0 Å². The summed E-state index contributed by atoms with van der Waals surface area (Å²) in [6.45, 7) is 0.556. The number of rotatable bonds is 4. The second-order valence-corrected chi connectivity index (χ2v) is 6.62. The van der Waals surface area contributed by atoms with Gasteiger partial charge in [-0.3, -0.25) is 4.79 Å². The first-order valence-corrected chi connectivity index (χ1v) is 8.27. The van der Waals surface area contributed by atoms with Gasteiger partial charge in [0.1, 0.15) is 10.7 Å². The Morgan fingerprint density at radius 1 is 1.09 bits per heavy atom. The number of anilines is 2. The number of nitrogens with two attached hydrogens (primary N) is 1. The normalized spacial score (nSPS) is 10.4. The zero-order valence-electron chi connectivity index (χ0n) is 12.2. The van der Waals surface area contributed by atoms with Crippen molar-refractivity contribution in [2.45, 2.75) is 6.54 Å². The van der Waals surface area contributed by atoms with Crippen LogP contribution in [0.15, 0.2) is 60.7 Å². The van der Waals surface area contributed by atoms with Crippen LogP contribution in [0, 0.1) is 3.95 Å².